The summed E-state index contributed by atoms with van der Waals surface area (Å²) in [7, 11) is 1.18. The van der Waals surface area contributed by atoms with Crippen LogP contribution in [0.3, 0.4) is 0 Å². The van der Waals surface area contributed by atoms with Gasteiger partial charge in [-0.3, -0.25) is 24.1 Å². The SMILES string of the molecule is COC(=O)[C@@H]1C[C@@H](N2C(=O)S/C(=C\c3ccc4c(cnn4Cc4ccc(Cl)cc4C(F)(F)F)c3)C2=O)CN1C(=O)OC(C)(C)C. The standard InChI is InChI=1S/C30H28ClF3N4O6S/c1-29(2,3)44-27(41)36-15-20(12-23(36)26(40)43-4)38-25(39)24(45-28(38)42)10-16-5-8-22-18(9-16)13-35-37(22)14-17-6-7-19(31)11-21(17)30(32,33)34/h5-11,13,20,23H,12,14-15H2,1-4H3/b24-10-/t20-,23+/m1/s1. The fraction of sp³-hybridized carbons (Fsp3) is 0.367. The molecule has 0 aliphatic carbocycles. The van der Waals surface area contributed by atoms with E-state index in [1.54, 1.807) is 39.0 Å². The zero-order valence-corrected chi connectivity index (χ0v) is 26.1. The number of ether oxygens (including phenoxy) is 2. The molecule has 3 heterocycles. The first kappa shape index (κ1) is 32.4. The molecule has 2 aromatic carbocycles. The summed E-state index contributed by atoms with van der Waals surface area (Å²) in [6, 6.07) is 6.79. The van der Waals surface area contributed by atoms with E-state index in [1.165, 1.54) is 41.1 Å². The largest absolute Gasteiger partial charge is 0.467 e. The molecular weight excluding hydrogens is 637 g/mol. The number of nitrogens with zero attached hydrogens (tertiary/aromatic N) is 4. The summed E-state index contributed by atoms with van der Waals surface area (Å²) in [5.41, 5.74) is -0.559. The number of rotatable bonds is 5. The average Bonchev–Trinajstić information content (AvgIpc) is 3.63. The summed E-state index contributed by atoms with van der Waals surface area (Å²) >= 11 is 6.53. The molecule has 0 radical (unpaired) electrons. The van der Waals surface area contributed by atoms with Crippen LogP contribution >= 0.6 is 23.4 Å². The number of amides is 3. The Kier molecular flexibility index (Phi) is 8.66. The van der Waals surface area contributed by atoms with Crippen molar-refractivity contribution in [2.45, 2.75) is 57.6 Å². The molecule has 2 aliphatic heterocycles. The molecule has 2 fully saturated rings. The van der Waals surface area contributed by atoms with Crippen LogP contribution in [0.1, 0.15) is 43.9 Å². The Balaban J connectivity index is 1.35. The lowest BCUT2D eigenvalue weighted by atomic mass is 10.1. The van der Waals surface area contributed by atoms with Crippen molar-refractivity contribution >= 4 is 63.6 Å². The van der Waals surface area contributed by atoms with Gasteiger partial charge in [0, 0.05) is 23.4 Å². The second-order valence-electron chi connectivity index (χ2n) is 11.5. The molecule has 15 heteroatoms. The number of hydrogen-bond acceptors (Lipinski definition) is 8. The minimum absolute atomic E-state index is 0.00114. The van der Waals surface area contributed by atoms with Gasteiger partial charge in [-0.2, -0.15) is 18.3 Å². The molecule has 3 amide bonds. The summed E-state index contributed by atoms with van der Waals surface area (Å²) in [4.78, 5) is 54.1. The van der Waals surface area contributed by atoms with Crippen molar-refractivity contribution in [2.75, 3.05) is 13.7 Å². The van der Waals surface area contributed by atoms with E-state index in [-0.39, 0.29) is 35.0 Å². The second kappa shape index (κ2) is 12.0. The van der Waals surface area contributed by atoms with Crippen molar-refractivity contribution in [2.24, 2.45) is 0 Å². The predicted octanol–water partition coefficient (Wildman–Crippen LogP) is 6.34. The van der Waals surface area contributed by atoms with Crippen molar-refractivity contribution < 1.29 is 41.8 Å². The highest BCUT2D eigenvalue weighted by Gasteiger charge is 2.49. The van der Waals surface area contributed by atoms with Crippen molar-refractivity contribution in [3.63, 3.8) is 0 Å². The van der Waals surface area contributed by atoms with Gasteiger partial charge >= 0.3 is 18.2 Å². The number of likely N-dealkylation sites (tertiary alicyclic amines) is 1. The van der Waals surface area contributed by atoms with Crippen LogP contribution in [0, 0.1) is 0 Å². The average molecular weight is 665 g/mol. The second-order valence-corrected chi connectivity index (χ2v) is 13.0. The van der Waals surface area contributed by atoms with Crippen LogP contribution in [0.5, 0.6) is 0 Å². The molecule has 238 valence electrons. The molecule has 0 spiro atoms. The molecular formula is C30H28ClF3N4O6S. The van der Waals surface area contributed by atoms with Crippen LogP contribution in [0.25, 0.3) is 17.0 Å². The van der Waals surface area contributed by atoms with Gasteiger partial charge in [-0.25, -0.2) is 9.59 Å². The minimum Gasteiger partial charge on any atom is -0.467 e. The van der Waals surface area contributed by atoms with Gasteiger partial charge in [-0.15, -0.1) is 0 Å². The number of alkyl halides is 3. The van der Waals surface area contributed by atoms with Gasteiger partial charge < -0.3 is 9.47 Å². The number of imide groups is 1. The Bertz CT molecular complexity index is 1730. The van der Waals surface area contributed by atoms with Gasteiger partial charge in [0.25, 0.3) is 11.1 Å². The molecule has 2 atom stereocenters. The smallest absolute Gasteiger partial charge is 0.416 e. The first-order chi connectivity index (χ1) is 21.1. The molecule has 2 saturated heterocycles. The molecule has 10 nitrogen and oxygen atoms in total. The molecule has 0 unspecified atom stereocenters. The number of methoxy groups -OCH3 is 1. The molecule has 2 aliphatic rings. The number of thioether (sulfide) groups is 1. The van der Waals surface area contributed by atoms with Crippen LogP contribution in [-0.4, -0.2) is 74.1 Å². The van der Waals surface area contributed by atoms with E-state index in [0.29, 0.717) is 16.5 Å². The van der Waals surface area contributed by atoms with Crippen molar-refractivity contribution in [3.8, 4) is 0 Å². The summed E-state index contributed by atoms with van der Waals surface area (Å²) in [5, 5.41) is 4.28. The Morgan fingerprint density at radius 1 is 1.13 bits per heavy atom. The molecule has 45 heavy (non-hydrogen) atoms. The van der Waals surface area contributed by atoms with E-state index in [2.05, 4.69) is 5.10 Å². The number of hydrogen-bond donors (Lipinski definition) is 0. The third-order valence-electron chi connectivity index (χ3n) is 7.23. The number of fused-ring (bicyclic) bond motifs is 1. The van der Waals surface area contributed by atoms with Crippen LogP contribution < -0.4 is 0 Å². The van der Waals surface area contributed by atoms with E-state index in [9.17, 15) is 32.3 Å². The maximum atomic E-state index is 13.6. The molecule has 5 rings (SSSR count). The first-order valence-electron chi connectivity index (χ1n) is 13.7. The van der Waals surface area contributed by atoms with Crippen LogP contribution in [0.2, 0.25) is 5.02 Å². The van der Waals surface area contributed by atoms with E-state index >= 15 is 0 Å². The maximum Gasteiger partial charge on any atom is 0.416 e. The molecule has 0 N–H and O–H groups in total. The lowest BCUT2D eigenvalue weighted by Crippen LogP contribution is -2.45. The number of benzene rings is 2. The maximum absolute atomic E-state index is 13.6. The fourth-order valence-electron chi connectivity index (χ4n) is 5.26. The Morgan fingerprint density at radius 2 is 1.87 bits per heavy atom. The third kappa shape index (κ3) is 6.81. The van der Waals surface area contributed by atoms with Crippen molar-refractivity contribution in [1.82, 2.24) is 19.6 Å². The van der Waals surface area contributed by atoms with E-state index in [0.717, 1.165) is 22.7 Å². The Morgan fingerprint density at radius 3 is 2.53 bits per heavy atom. The minimum atomic E-state index is -4.59. The number of carbonyl (C=O) groups is 4. The summed E-state index contributed by atoms with van der Waals surface area (Å²) in [6.07, 6.45) is -2.33. The number of aromatic nitrogens is 2. The number of halogens is 4. The lowest BCUT2D eigenvalue weighted by molar-refractivity contribution is -0.145. The summed E-state index contributed by atoms with van der Waals surface area (Å²) in [6.45, 7) is 4.78. The van der Waals surface area contributed by atoms with Crippen molar-refractivity contribution in [1.29, 1.82) is 0 Å². The van der Waals surface area contributed by atoms with Gasteiger partial charge in [-0.1, -0.05) is 23.7 Å². The van der Waals surface area contributed by atoms with Gasteiger partial charge in [0.1, 0.15) is 11.6 Å². The summed E-state index contributed by atoms with van der Waals surface area (Å²) < 4.78 is 52.5. The van der Waals surface area contributed by atoms with E-state index in [4.69, 9.17) is 21.1 Å². The first-order valence-corrected chi connectivity index (χ1v) is 14.9. The zero-order valence-electron chi connectivity index (χ0n) is 24.6. The van der Waals surface area contributed by atoms with Gasteiger partial charge in [0.2, 0.25) is 0 Å². The lowest BCUT2D eigenvalue weighted by Gasteiger charge is -2.27. The number of carbonyl (C=O) groups excluding carboxylic acids is 4. The monoisotopic (exact) mass is 664 g/mol. The molecule has 0 saturated carbocycles. The van der Waals surface area contributed by atoms with Crippen LogP contribution in [0.4, 0.5) is 22.8 Å². The predicted molar refractivity (Wildman–Crippen MR) is 160 cm³/mol. The summed E-state index contributed by atoms with van der Waals surface area (Å²) in [5.74, 6) is -1.27. The van der Waals surface area contributed by atoms with Crippen LogP contribution in [0.15, 0.2) is 47.5 Å². The van der Waals surface area contributed by atoms with Crippen molar-refractivity contribution in [3.05, 3.63) is 69.2 Å². The Hall–Kier alpha value is -4.04. The highest BCUT2D eigenvalue weighted by atomic mass is 35.5. The normalized spacial score (nSPS) is 20.0. The zero-order chi connectivity index (χ0) is 32.8. The molecule has 3 aromatic rings. The topological polar surface area (TPSA) is 111 Å². The third-order valence-corrected chi connectivity index (χ3v) is 8.35. The molecule has 0 bridgehead atoms. The number of esters is 1. The van der Waals surface area contributed by atoms with Crippen LogP contribution in [-0.2, 0) is 31.8 Å². The van der Waals surface area contributed by atoms with Gasteiger partial charge in [0.05, 0.1) is 41.9 Å². The van der Waals surface area contributed by atoms with Gasteiger partial charge in [0.15, 0.2) is 0 Å². The highest BCUT2D eigenvalue weighted by Crippen LogP contribution is 2.38. The van der Waals surface area contributed by atoms with Gasteiger partial charge in [-0.05, 0) is 74.0 Å². The molecule has 1 aromatic heterocycles. The van der Waals surface area contributed by atoms with E-state index < -0.39 is 52.6 Å². The highest BCUT2D eigenvalue weighted by molar-refractivity contribution is 8.18. The van der Waals surface area contributed by atoms with E-state index in [1.807, 2.05) is 0 Å². The quantitative estimate of drug-likeness (QED) is 0.229. The Labute approximate surface area is 265 Å². The fourth-order valence-corrected chi connectivity index (χ4v) is 6.33.